The number of nitrogens with zero attached hydrogens (tertiary/aromatic N) is 2. The van der Waals surface area contributed by atoms with Crippen LogP contribution in [0.15, 0.2) is 47.6 Å². The molecule has 144 valence electrons. The molecule has 7 nitrogen and oxygen atoms in total. The Hall–Kier alpha value is -2.36. The summed E-state index contributed by atoms with van der Waals surface area (Å²) in [5.74, 6) is 1.40. The number of ether oxygens (including phenoxy) is 1. The first-order chi connectivity index (χ1) is 12.7. The first kappa shape index (κ1) is 20.9. The molecule has 1 aliphatic heterocycles. The zero-order valence-corrected chi connectivity index (χ0v) is 17.7. The average molecular weight is 481 g/mol. The van der Waals surface area contributed by atoms with Crippen LogP contribution in [0.2, 0.25) is 0 Å². The van der Waals surface area contributed by atoms with Gasteiger partial charge >= 0.3 is 0 Å². The van der Waals surface area contributed by atoms with Gasteiger partial charge in [0.2, 0.25) is 11.8 Å². The third-order valence-electron chi connectivity index (χ3n) is 4.34. The second-order valence-electron chi connectivity index (χ2n) is 6.01. The molecule has 2 aromatic rings. The van der Waals surface area contributed by atoms with Crippen molar-refractivity contribution in [1.29, 1.82) is 0 Å². The number of amides is 1. The lowest BCUT2D eigenvalue weighted by Crippen LogP contribution is -2.40. The number of aliphatic imine (C=N–C) groups is 1. The van der Waals surface area contributed by atoms with Crippen molar-refractivity contribution in [2.24, 2.45) is 4.99 Å². The number of hydrogen-bond donors (Lipinski definition) is 3. The van der Waals surface area contributed by atoms with Crippen molar-refractivity contribution in [3.8, 4) is 5.88 Å². The number of carbonyl (C=O) groups is 1. The summed E-state index contributed by atoms with van der Waals surface area (Å²) in [5.41, 5.74) is 2.97. The fraction of sp³-hybridized carbons (Fsp3) is 0.316. The zero-order chi connectivity index (χ0) is 18.4. The van der Waals surface area contributed by atoms with E-state index in [-0.39, 0.29) is 35.8 Å². The minimum absolute atomic E-state index is 0. The number of nitrogens with one attached hydrogen (secondary N) is 3. The fourth-order valence-electron chi connectivity index (χ4n) is 3.05. The Balaban J connectivity index is 0.00000261. The lowest BCUT2D eigenvalue weighted by atomic mass is 9.90. The number of benzene rings is 1. The number of carbonyl (C=O) groups excluding carboxylic acids is 1. The van der Waals surface area contributed by atoms with Crippen LogP contribution in [0.25, 0.3) is 0 Å². The highest BCUT2D eigenvalue weighted by molar-refractivity contribution is 14.0. The standard InChI is InChI=1S/C19H23N5O2.HI/c1-20-19(22-11-13-6-5-9-21-18(13)26-2)23-12-14-10-17(25)24-16-8-4-3-7-15(14)16;/h3-9,14H,10-12H2,1-2H3,(H,24,25)(H2,20,22,23);1H. The summed E-state index contributed by atoms with van der Waals surface area (Å²) >= 11 is 0. The second kappa shape index (κ2) is 10.1. The van der Waals surface area contributed by atoms with E-state index in [1.54, 1.807) is 20.4 Å². The van der Waals surface area contributed by atoms with Crippen molar-refractivity contribution in [3.05, 3.63) is 53.7 Å². The summed E-state index contributed by atoms with van der Waals surface area (Å²) in [4.78, 5) is 20.4. The summed E-state index contributed by atoms with van der Waals surface area (Å²) in [6.45, 7) is 1.16. The smallest absolute Gasteiger partial charge is 0.225 e. The van der Waals surface area contributed by atoms with E-state index >= 15 is 0 Å². The van der Waals surface area contributed by atoms with Crippen molar-refractivity contribution in [2.75, 3.05) is 26.0 Å². The fourth-order valence-corrected chi connectivity index (χ4v) is 3.05. The van der Waals surface area contributed by atoms with Gasteiger partial charge in [-0.1, -0.05) is 24.3 Å². The molecule has 0 radical (unpaired) electrons. The molecular weight excluding hydrogens is 457 g/mol. The number of aromatic nitrogens is 1. The Morgan fingerprint density at radius 1 is 1.30 bits per heavy atom. The van der Waals surface area contributed by atoms with Crippen LogP contribution in [-0.4, -0.2) is 37.6 Å². The number of fused-ring (bicyclic) bond motifs is 1. The number of para-hydroxylation sites is 1. The van der Waals surface area contributed by atoms with Crippen molar-refractivity contribution >= 4 is 41.5 Å². The van der Waals surface area contributed by atoms with Gasteiger partial charge in [0, 0.05) is 49.9 Å². The van der Waals surface area contributed by atoms with Gasteiger partial charge in [0.1, 0.15) is 0 Å². The van der Waals surface area contributed by atoms with Gasteiger partial charge < -0.3 is 20.7 Å². The molecule has 0 aliphatic carbocycles. The van der Waals surface area contributed by atoms with Gasteiger partial charge in [0.05, 0.1) is 7.11 Å². The van der Waals surface area contributed by atoms with E-state index in [1.807, 2.05) is 30.3 Å². The molecule has 2 heterocycles. The second-order valence-corrected chi connectivity index (χ2v) is 6.01. The summed E-state index contributed by atoms with van der Waals surface area (Å²) in [7, 11) is 3.32. The van der Waals surface area contributed by atoms with Gasteiger partial charge in [-0.25, -0.2) is 4.98 Å². The molecule has 0 spiro atoms. The first-order valence-corrected chi connectivity index (χ1v) is 8.52. The molecule has 1 aromatic heterocycles. The van der Waals surface area contributed by atoms with Crippen LogP contribution < -0.4 is 20.7 Å². The predicted octanol–water partition coefficient (Wildman–Crippen LogP) is 2.50. The van der Waals surface area contributed by atoms with E-state index in [0.29, 0.717) is 31.3 Å². The van der Waals surface area contributed by atoms with Crippen molar-refractivity contribution in [2.45, 2.75) is 18.9 Å². The molecular formula is C19H24IN5O2. The number of methoxy groups -OCH3 is 1. The molecule has 1 aliphatic rings. The maximum absolute atomic E-state index is 11.9. The molecule has 0 saturated carbocycles. The van der Waals surface area contributed by atoms with Gasteiger partial charge in [-0.3, -0.25) is 9.79 Å². The van der Waals surface area contributed by atoms with Gasteiger partial charge in [0.25, 0.3) is 0 Å². The Morgan fingerprint density at radius 3 is 2.89 bits per heavy atom. The van der Waals surface area contributed by atoms with Crippen molar-refractivity contribution in [3.63, 3.8) is 0 Å². The van der Waals surface area contributed by atoms with E-state index in [1.165, 1.54) is 0 Å². The molecule has 1 unspecified atom stereocenters. The maximum Gasteiger partial charge on any atom is 0.225 e. The van der Waals surface area contributed by atoms with Crippen molar-refractivity contribution in [1.82, 2.24) is 15.6 Å². The zero-order valence-electron chi connectivity index (χ0n) is 15.4. The van der Waals surface area contributed by atoms with E-state index < -0.39 is 0 Å². The summed E-state index contributed by atoms with van der Waals surface area (Å²) in [5, 5.41) is 9.48. The molecule has 1 amide bonds. The number of rotatable bonds is 5. The Bertz CT molecular complexity index is 812. The number of pyridine rings is 1. The highest BCUT2D eigenvalue weighted by atomic mass is 127. The molecule has 0 bridgehead atoms. The average Bonchev–Trinajstić information content (AvgIpc) is 2.68. The highest BCUT2D eigenvalue weighted by Gasteiger charge is 2.24. The van der Waals surface area contributed by atoms with E-state index in [0.717, 1.165) is 16.8 Å². The first-order valence-electron chi connectivity index (χ1n) is 8.52. The summed E-state index contributed by atoms with van der Waals surface area (Å²) in [6.07, 6.45) is 2.15. The van der Waals surface area contributed by atoms with Crippen LogP contribution >= 0.6 is 24.0 Å². The maximum atomic E-state index is 11.9. The van der Waals surface area contributed by atoms with Crippen LogP contribution in [0, 0.1) is 0 Å². The number of guanidine groups is 1. The van der Waals surface area contributed by atoms with Crippen molar-refractivity contribution < 1.29 is 9.53 Å². The Morgan fingerprint density at radius 2 is 2.11 bits per heavy atom. The predicted molar refractivity (Wildman–Crippen MR) is 117 cm³/mol. The SMILES string of the molecule is CN=C(NCc1cccnc1OC)NCC1CC(=O)Nc2ccccc21.I. The van der Waals surface area contributed by atoms with Gasteiger partial charge in [0.15, 0.2) is 5.96 Å². The van der Waals surface area contributed by atoms with E-state index in [4.69, 9.17) is 4.74 Å². The Labute approximate surface area is 176 Å². The lowest BCUT2D eigenvalue weighted by molar-refractivity contribution is -0.116. The summed E-state index contributed by atoms with van der Waals surface area (Å²) in [6, 6.07) is 11.7. The van der Waals surface area contributed by atoms with Crippen LogP contribution in [0.1, 0.15) is 23.5 Å². The lowest BCUT2D eigenvalue weighted by Gasteiger charge is -2.26. The minimum Gasteiger partial charge on any atom is -0.481 e. The van der Waals surface area contributed by atoms with Crippen LogP contribution in [0.4, 0.5) is 5.69 Å². The van der Waals surface area contributed by atoms with Crippen LogP contribution in [-0.2, 0) is 11.3 Å². The molecule has 3 N–H and O–H groups in total. The van der Waals surface area contributed by atoms with Gasteiger partial charge in [-0.15, -0.1) is 24.0 Å². The van der Waals surface area contributed by atoms with Crippen LogP contribution in [0.3, 0.4) is 0 Å². The number of halogens is 1. The molecule has 3 rings (SSSR count). The third-order valence-corrected chi connectivity index (χ3v) is 4.34. The Kier molecular flexibility index (Phi) is 7.83. The number of anilines is 1. The monoisotopic (exact) mass is 481 g/mol. The van der Waals surface area contributed by atoms with E-state index in [9.17, 15) is 4.79 Å². The topological polar surface area (TPSA) is 87.6 Å². The molecule has 1 atom stereocenters. The molecule has 0 saturated heterocycles. The molecule has 8 heteroatoms. The molecule has 1 aromatic carbocycles. The van der Waals surface area contributed by atoms with Gasteiger partial charge in [-0.05, 0) is 17.7 Å². The summed E-state index contributed by atoms with van der Waals surface area (Å²) < 4.78 is 5.26. The minimum atomic E-state index is 0. The highest BCUT2D eigenvalue weighted by Crippen LogP contribution is 2.31. The molecule has 0 fully saturated rings. The quantitative estimate of drug-likeness (QED) is 0.347. The number of hydrogen-bond acceptors (Lipinski definition) is 4. The van der Waals surface area contributed by atoms with Crippen LogP contribution in [0.5, 0.6) is 5.88 Å². The third kappa shape index (κ3) is 5.31. The van der Waals surface area contributed by atoms with Gasteiger partial charge in [-0.2, -0.15) is 0 Å². The molecule has 27 heavy (non-hydrogen) atoms. The van der Waals surface area contributed by atoms with E-state index in [2.05, 4.69) is 32.0 Å². The normalized spacial score (nSPS) is 15.9. The largest absolute Gasteiger partial charge is 0.481 e.